The van der Waals surface area contributed by atoms with Gasteiger partial charge in [0.05, 0.1) is 6.26 Å². The van der Waals surface area contributed by atoms with Crippen LogP contribution in [0.15, 0.2) is 65.3 Å². The molecule has 112 valence electrons. The second-order valence-corrected chi connectivity index (χ2v) is 5.14. The van der Waals surface area contributed by atoms with Gasteiger partial charge in [-0.3, -0.25) is 4.79 Å². The van der Waals surface area contributed by atoms with Crippen molar-refractivity contribution < 1.29 is 14.3 Å². The highest BCUT2D eigenvalue weighted by Gasteiger charge is 2.11. The molecule has 2 aromatic carbocycles. The topological polar surface area (TPSA) is 62.5 Å². The molecule has 0 aliphatic rings. The molecule has 0 bridgehead atoms. The maximum absolute atomic E-state index is 12.1. The van der Waals surface area contributed by atoms with Crippen LogP contribution in [0.5, 0.6) is 0 Å². The average molecular weight is 295 g/mol. The molecule has 0 radical (unpaired) electrons. The van der Waals surface area contributed by atoms with Gasteiger partial charge in [0.15, 0.2) is 0 Å². The van der Waals surface area contributed by atoms with E-state index in [1.807, 2.05) is 36.4 Å². The number of rotatable bonds is 5. The van der Waals surface area contributed by atoms with Crippen molar-refractivity contribution >= 4 is 16.7 Å². The van der Waals surface area contributed by atoms with Crippen LogP contribution in [0, 0.1) is 0 Å². The molecule has 1 atom stereocenters. The molecule has 3 aromatic rings. The van der Waals surface area contributed by atoms with Gasteiger partial charge in [-0.05, 0) is 41.5 Å². The van der Waals surface area contributed by atoms with E-state index in [1.165, 1.54) is 6.26 Å². The zero-order chi connectivity index (χ0) is 15.4. The number of benzene rings is 2. The van der Waals surface area contributed by atoms with Crippen molar-refractivity contribution in [2.45, 2.75) is 12.5 Å². The first-order valence-electron chi connectivity index (χ1n) is 7.22. The monoisotopic (exact) mass is 295 g/mol. The van der Waals surface area contributed by atoms with Gasteiger partial charge in [-0.15, -0.1) is 0 Å². The lowest BCUT2D eigenvalue weighted by molar-refractivity contribution is 0.0936. The Bertz CT molecular complexity index is 765. The number of nitrogens with one attached hydrogen (secondary N) is 1. The first-order valence-corrected chi connectivity index (χ1v) is 7.22. The number of hydrogen-bond donors (Lipinski definition) is 2. The molecule has 0 spiro atoms. The van der Waals surface area contributed by atoms with E-state index in [1.54, 1.807) is 18.2 Å². The van der Waals surface area contributed by atoms with E-state index >= 15 is 0 Å². The first kappa shape index (κ1) is 14.4. The zero-order valence-electron chi connectivity index (χ0n) is 12.0. The number of fused-ring (bicyclic) bond motifs is 1. The molecule has 0 saturated carbocycles. The smallest absolute Gasteiger partial charge is 0.251 e. The van der Waals surface area contributed by atoms with Gasteiger partial charge in [0.1, 0.15) is 11.9 Å². The molecule has 1 aromatic heterocycles. The van der Waals surface area contributed by atoms with Crippen molar-refractivity contribution in [2.75, 3.05) is 6.54 Å². The van der Waals surface area contributed by atoms with E-state index in [0.29, 0.717) is 24.3 Å². The number of carbonyl (C=O) groups excluding carboxylic acids is 1. The SMILES string of the molecule is O=C(NCCC(O)c1ccco1)c1ccc2ccccc2c1. The Hall–Kier alpha value is -2.59. The number of aliphatic hydroxyl groups excluding tert-OH is 1. The van der Waals surface area contributed by atoms with Crippen LogP contribution >= 0.6 is 0 Å². The van der Waals surface area contributed by atoms with Crippen LogP contribution in [0.25, 0.3) is 10.8 Å². The predicted molar refractivity (Wildman–Crippen MR) is 84.6 cm³/mol. The van der Waals surface area contributed by atoms with E-state index in [0.717, 1.165) is 10.8 Å². The normalized spacial score (nSPS) is 12.2. The van der Waals surface area contributed by atoms with Crippen molar-refractivity contribution in [1.82, 2.24) is 5.32 Å². The molecule has 3 rings (SSSR count). The lowest BCUT2D eigenvalue weighted by Crippen LogP contribution is -2.25. The Morgan fingerprint density at radius 2 is 1.91 bits per heavy atom. The third-order valence-electron chi connectivity index (χ3n) is 3.59. The van der Waals surface area contributed by atoms with E-state index in [4.69, 9.17) is 4.42 Å². The highest BCUT2D eigenvalue weighted by atomic mass is 16.4. The van der Waals surface area contributed by atoms with E-state index in [-0.39, 0.29) is 5.91 Å². The molecule has 0 aliphatic carbocycles. The molecule has 4 nitrogen and oxygen atoms in total. The second-order valence-electron chi connectivity index (χ2n) is 5.14. The van der Waals surface area contributed by atoms with Crippen LogP contribution in [-0.4, -0.2) is 17.6 Å². The van der Waals surface area contributed by atoms with Crippen LogP contribution in [0.4, 0.5) is 0 Å². The van der Waals surface area contributed by atoms with Gasteiger partial charge in [0.2, 0.25) is 0 Å². The van der Waals surface area contributed by atoms with Gasteiger partial charge in [-0.1, -0.05) is 30.3 Å². The molecule has 1 heterocycles. The molecule has 0 fully saturated rings. The van der Waals surface area contributed by atoms with E-state index in [2.05, 4.69) is 5.32 Å². The molecule has 0 aliphatic heterocycles. The van der Waals surface area contributed by atoms with E-state index < -0.39 is 6.10 Å². The van der Waals surface area contributed by atoms with Crippen molar-refractivity contribution in [3.8, 4) is 0 Å². The Kier molecular flexibility index (Phi) is 4.21. The minimum absolute atomic E-state index is 0.141. The molecule has 22 heavy (non-hydrogen) atoms. The van der Waals surface area contributed by atoms with Crippen LogP contribution in [0.2, 0.25) is 0 Å². The van der Waals surface area contributed by atoms with Crippen molar-refractivity contribution in [3.63, 3.8) is 0 Å². The van der Waals surface area contributed by atoms with Gasteiger partial charge in [0, 0.05) is 12.1 Å². The summed E-state index contributed by atoms with van der Waals surface area (Å²) in [4.78, 5) is 12.1. The van der Waals surface area contributed by atoms with Gasteiger partial charge >= 0.3 is 0 Å². The summed E-state index contributed by atoms with van der Waals surface area (Å²) in [5.74, 6) is 0.373. The highest BCUT2D eigenvalue weighted by molar-refractivity contribution is 5.98. The fourth-order valence-electron chi connectivity index (χ4n) is 2.38. The molecular weight excluding hydrogens is 278 g/mol. The number of aliphatic hydroxyl groups is 1. The fourth-order valence-corrected chi connectivity index (χ4v) is 2.38. The minimum Gasteiger partial charge on any atom is -0.467 e. The largest absolute Gasteiger partial charge is 0.467 e. The number of carbonyl (C=O) groups is 1. The third-order valence-corrected chi connectivity index (χ3v) is 3.59. The maximum Gasteiger partial charge on any atom is 0.251 e. The summed E-state index contributed by atoms with van der Waals surface area (Å²) in [5.41, 5.74) is 0.617. The molecule has 0 saturated heterocycles. The number of amides is 1. The zero-order valence-corrected chi connectivity index (χ0v) is 12.0. The second kappa shape index (κ2) is 6.45. The molecule has 1 unspecified atom stereocenters. The summed E-state index contributed by atoms with van der Waals surface area (Å²) in [6.45, 7) is 0.382. The summed E-state index contributed by atoms with van der Waals surface area (Å²) in [6.07, 6.45) is 1.23. The van der Waals surface area contributed by atoms with Crippen LogP contribution in [0.3, 0.4) is 0 Å². The molecule has 4 heteroatoms. The maximum atomic E-state index is 12.1. The molecular formula is C18H17NO3. The molecule has 1 amide bonds. The number of hydrogen-bond acceptors (Lipinski definition) is 3. The minimum atomic E-state index is -0.702. The van der Waals surface area contributed by atoms with Crippen molar-refractivity contribution in [3.05, 3.63) is 72.2 Å². The summed E-state index contributed by atoms with van der Waals surface area (Å²) in [7, 11) is 0. The summed E-state index contributed by atoms with van der Waals surface area (Å²) >= 11 is 0. The predicted octanol–water partition coefficient (Wildman–Crippen LogP) is 3.29. The van der Waals surface area contributed by atoms with Gasteiger partial charge in [0.25, 0.3) is 5.91 Å². The van der Waals surface area contributed by atoms with Crippen molar-refractivity contribution in [2.24, 2.45) is 0 Å². The first-order chi connectivity index (χ1) is 10.7. The third kappa shape index (κ3) is 3.18. The van der Waals surface area contributed by atoms with Crippen LogP contribution in [-0.2, 0) is 0 Å². The Balaban J connectivity index is 1.59. The number of furan rings is 1. The Morgan fingerprint density at radius 1 is 1.09 bits per heavy atom. The van der Waals surface area contributed by atoms with E-state index in [9.17, 15) is 9.90 Å². The quantitative estimate of drug-likeness (QED) is 0.759. The van der Waals surface area contributed by atoms with Gasteiger partial charge in [-0.25, -0.2) is 0 Å². The summed E-state index contributed by atoms with van der Waals surface area (Å²) in [5, 5.41) is 14.8. The average Bonchev–Trinajstić information content (AvgIpc) is 3.08. The Morgan fingerprint density at radius 3 is 2.68 bits per heavy atom. The van der Waals surface area contributed by atoms with Gasteiger partial charge < -0.3 is 14.8 Å². The fraction of sp³-hybridized carbons (Fsp3) is 0.167. The highest BCUT2D eigenvalue weighted by Crippen LogP contribution is 2.17. The summed E-state index contributed by atoms with van der Waals surface area (Å²) in [6, 6.07) is 17.0. The molecule has 2 N–H and O–H groups in total. The van der Waals surface area contributed by atoms with Crippen LogP contribution in [0.1, 0.15) is 28.6 Å². The lowest BCUT2D eigenvalue weighted by atomic mass is 10.1. The standard InChI is InChI=1S/C18H17NO3/c20-16(17-6-3-11-22-17)9-10-19-18(21)15-8-7-13-4-1-2-5-14(13)12-15/h1-8,11-12,16,20H,9-10H2,(H,19,21). The van der Waals surface area contributed by atoms with Crippen molar-refractivity contribution in [1.29, 1.82) is 0 Å². The van der Waals surface area contributed by atoms with Crippen LogP contribution < -0.4 is 5.32 Å². The Labute approximate surface area is 128 Å². The summed E-state index contributed by atoms with van der Waals surface area (Å²) < 4.78 is 5.12. The lowest BCUT2D eigenvalue weighted by Gasteiger charge is -2.09. The van der Waals surface area contributed by atoms with Gasteiger partial charge in [-0.2, -0.15) is 0 Å².